The van der Waals surface area contributed by atoms with Crippen LogP contribution in [-0.2, 0) is 6.42 Å². The smallest absolute Gasteiger partial charge is 0.253 e. The molecular formula is C28H42N4O5S. The predicted octanol–water partition coefficient (Wildman–Crippen LogP) is 2.89. The Balaban J connectivity index is 0.00000760. The molecule has 0 aliphatic heterocycles. The number of hydrogen-bond acceptors (Lipinski definition) is 7. The van der Waals surface area contributed by atoms with Crippen molar-refractivity contribution in [3.63, 3.8) is 0 Å². The van der Waals surface area contributed by atoms with E-state index in [1.54, 1.807) is 41.2 Å². The molecule has 2 rings (SSSR count). The molecule has 2 aromatic rings. The summed E-state index contributed by atoms with van der Waals surface area (Å²) in [4.78, 5) is 44.4. The molecule has 0 fully saturated rings. The molecule has 0 saturated carbocycles. The minimum Gasteiger partial charge on any atom is -0.390 e. The van der Waals surface area contributed by atoms with Crippen molar-refractivity contribution < 1.29 is 26.0 Å². The van der Waals surface area contributed by atoms with Gasteiger partial charge in [-0.05, 0) is 80.0 Å². The lowest BCUT2D eigenvalue weighted by atomic mass is 9.95. The number of primary amides is 1. The Morgan fingerprint density at radius 3 is 2.24 bits per heavy atom. The van der Waals surface area contributed by atoms with Crippen molar-refractivity contribution in [2.75, 3.05) is 25.1 Å². The lowest BCUT2D eigenvalue weighted by Crippen LogP contribution is -2.50. The van der Waals surface area contributed by atoms with Gasteiger partial charge in [-0.2, -0.15) is 11.8 Å². The van der Waals surface area contributed by atoms with Crippen LogP contribution in [0.4, 0.5) is 0 Å². The number of hydrogen-bond donors (Lipinski definition) is 4. The van der Waals surface area contributed by atoms with Crippen molar-refractivity contribution in [1.29, 1.82) is 0 Å². The highest BCUT2D eigenvalue weighted by atomic mass is 32.2. The molecule has 0 spiro atoms. The second-order valence-corrected chi connectivity index (χ2v) is 10.3. The zero-order chi connectivity index (χ0) is 28.1. The number of nitrogens with zero attached hydrogens (tertiary/aromatic N) is 2. The summed E-state index contributed by atoms with van der Waals surface area (Å²) in [6, 6.07) is 6.89. The van der Waals surface area contributed by atoms with Crippen LogP contribution in [-0.4, -0.2) is 81.2 Å². The molecule has 3 amide bonds. The first-order chi connectivity index (χ1) is 18.2. The van der Waals surface area contributed by atoms with Crippen molar-refractivity contribution in [3.8, 4) is 0 Å². The van der Waals surface area contributed by atoms with Gasteiger partial charge >= 0.3 is 0 Å². The first-order valence-corrected chi connectivity index (χ1v) is 14.4. The number of nitrogens with one attached hydrogen (secondary N) is 1. The molecule has 0 radical (unpaired) electrons. The fraction of sp³-hybridized carbons (Fsp3) is 0.500. The molecule has 3 unspecified atom stereocenters. The number of aromatic nitrogens is 1. The number of nitrogens with two attached hydrogens (primary N) is 1. The quantitative estimate of drug-likeness (QED) is 0.237. The number of aliphatic hydroxyl groups is 2. The van der Waals surface area contributed by atoms with Crippen LogP contribution < -0.4 is 11.1 Å². The van der Waals surface area contributed by atoms with Gasteiger partial charge in [0.05, 0.1) is 12.1 Å². The van der Waals surface area contributed by atoms with Crippen molar-refractivity contribution >= 4 is 29.5 Å². The molecule has 1 aromatic heterocycles. The Bertz CT molecular complexity index is 1050. The molecule has 10 heteroatoms. The molecule has 210 valence electrons. The van der Waals surface area contributed by atoms with E-state index in [1.807, 2.05) is 20.1 Å². The van der Waals surface area contributed by atoms with Crippen LogP contribution >= 0.6 is 11.8 Å². The van der Waals surface area contributed by atoms with Crippen molar-refractivity contribution in [2.24, 2.45) is 5.73 Å². The Morgan fingerprint density at radius 2 is 1.66 bits per heavy atom. The second kappa shape index (κ2) is 16.1. The number of aliphatic hydroxyl groups excluding tert-OH is 2. The number of carbonyl (C=O) groups is 3. The maximum atomic E-state index is 13.4. The van der Waals surface area contributed by atoms with Crippen molar-refractivity contribution in [1.82, 2.24) is 15.2 Å². The molecule has 3 atom stereocenters. The maximum Gasteiger partial charge on any atom is 0.253 e. The molecule has 0 saturated heterocycles. The molecular weight excluding hydrogens is 504 g/mol. The zero-order valence-corrected chi connectivity index (χ0v) is 23.2. The van der Waals surface area contributed by atoms with Crippen LogP contribution in [0.25, 0.3) is 0 Å². The highest BCUT2D eigenvalue weighted by molar-refractivity contribution is 7.98. The van der Waals surface area contributed by atoms with E-state index in [1.165, 1.54) is 18.2 Å². The SMILES string of the molecule is CCCN(CCC)C(=O)c1cc(C(N)=O)cc(C(=O)NC(Cc2ccncc2)C(O)C(O)CCCSC)c1.[HH]. The predicted molar refractivity (Wildman–Crippen MR) is 152 cm³/mol. The summed E-state index contributed by atoms with van der Waals surface area (Å²) in [5.41, 5.74) is 6.64. The maximum absolute atomic E-state index is 13.4. The molecule has 1 heterocycles. The van der Waals surface area contributed by atoms with Gasteiger partial charge in [-0.15, -0.1) is 0 Å². The number of rotatable bonds is 16. The topological polar surface area (TPSA) is 146 Å². The number of thioether (sulfide) groups is 1. The van der Waals surface area contributed by atoms with E-state index in [2.05, 4.69) is 10.3 Å². The third kappa shape index (κ3) is 9.41. The van der Waals surface area contributed by atoms with Crippen LogP contribution in [0.1, 0.15) is 77.6 Å². The van der Waals surface area contributed by atoms with E-state index < -0.39 is 30.1 Å². The highest BCUT2D eigenvalue weighted by Crippen LogP contribution is 2.17. The van der Waals surface area contributed by atoms with Crippen molar-refractivity contribution in [2.45, 2.75) is 64.2 Å². The number of amides is 3. The average molecular weight is 547 g/mol. The minimum absolute atomic E-state index is 0. The van der Waals surface area contributed by atoms with E-state index in [9.17, 15) is 24.6 Å². The summed E-state index contributed by atoms with van der Waals surface area (Å²) in [6.07, 6.45) is 5.79. The summed E-state index contributed by atoms with van der Waals surface area (Å²) in [7, 11) is 0. The second-order valence-electron chi connectivity index (χ2n) is 9.29. The van der Waals surface area contributed by atoms with Gasteiger partial charge in [0.15, 0.2) is 0 Å². The Morgan fingerprint density at radius 1 is 1.05 bits per heavy atom. The fourth-order valence-electron chi connectivity index (χ4n) is 4.22. The average Bonchev–Trinajstić information content (AvgIpc) is 2.92. The number of benzene rings is 1. The summed E-state index contributed by atoms with van der Waals surface area (Å²) >= 11 is 1.65. The van der Waals surface area contributed by atoms with Gasteiger partial charge in [-0.1, -0.05) is 13.8 Å². The Kier molecular flexibility index (Phi) is 13.3. The number of pyridine rings is 1. The van der Waals surface area contributed by atoms with Crippen LogP contribution in [0.3, 0.4) is 0 Å². The summed E-state index contributed by atoms with van der Waals surface area (Å²) in [6.45, 7) is 5.03. The minimum atomic E-state index is -1.24. The molecule has 38 heavy (non-hydrogen) atoms. The monoisotopic (exact) mass is 546 g/mol. The third-order valence-electron chi connectivity index (χ3n) is 6.18. The Labute approximate surface area is 230 Å². The van der Waals surface area contributed by atoms with E-state index in [-0.39, 0.29) is 30.4 Å². The molecule has 0 aliphatic rings. The van der Waals surface area contributed by atoms with Gasteiger partial charge < -0.3 is 26.2 Å². The van der Waals surface area contributed by atoms with Crippen LogP contribution in [0, 0.1) is 0 Å². The van der Waals surface area contributed by atoms with Gasteiger partial charge in [-0.3, -0.25) is 19.4 Å². The summed E-state index contributed by atoms with van der Waals surface area (Å²) < 4.78 is 0. The third-order valence-corrected chi connectivity index (χ3v) is 6.87. The van der Waals surface area contributed by atoms with Gasteiger partial charge in [0.1, 0.15) is 6.10 Å². The zero-order valence-electron chi connectivity index (χ0n) is 22.4. The van der Waals surface area contributed by atoms with Crippen LogP contribution in [0.2, 0.25) is 0 Å². The van der Waals surface area contributed by atoms with Gasteiger partial charge in [-0.25, -0.2) is 0 Å². The Hall–Kier alpha value is -2.95. The van der Waals surface area contributed by atoms with Crippen LogP contribution in [0.15, 0.2) is 42.7 Å². The molecule has 1 aromatic carbocycles. The molecule has 0 aliphatic carbocycles. The lowest BCUT2D eigenvalue weighted by Gasteiger charge is -2.28. The van der Waals surface area contributed by atoms with E-state index in [0.29, 0.717) is 25.9 Å². The largest absolute Gasteiger partial charge is 0.390 e. The number of carbonyl (C=O) groups excluding carboxylic acids is 3. The first-order valence-electron chi connectivity index (χ1n) is 13.0. The van der Waals surface area contributed by atoms with Crippen LogP contribution in [0.5, 0.6) is 0 Å². The molecule has 5 N–H and O–H groups in total. The van der Waals surface area contributed by atoms with Gasteiger partial charge in [0.2, 0.25) is 5.91 Å². The van der Waals surface area contributed by atoms with E-state index >= 15 is 0 Å². The van der Waals surface area contributed by atoms with Gasteiger partial charge in [0.25, 0.3) is 11.8 Å². The summed E-state index contributed by atoms with van der Waals surface area (Å²) in [5, 5.41) is 24.4. The van der Waals surface area contributed by atoms with Gasteiger partial charge in [0, 0.05) is 43.6 Å². The lowest BCUT2D eigenvalue weighted by molar-refractivity contribution is -0.00731. The summed E-state index contributed by atoms with van der Waals surface area (Å²) in [5.74, 6) is -0.795. The highest BCUT2D eigenvalue weighted by Gasteiger charge is 2.29. The van der Waals surface area contributed by atoms with Crippen molar-refractivity contribution in [3.05, 3.63) is 65.0 Å². The van der Waals surface area contributed by atoms with E-state index in [0.717, 1.165) is 24.2 Å². The van der Waals surface area contributed by atoms with E-state index in [4.69, 9.17) is 5.73 Å². The normalized spacial score (nSPS) is 13.4. The standard InChI is InChI=1S/C28H40N4O5S.H2/c1-4-12-32(13-5-2)28(37)22-17-20(26(29)35)16-21(18-22)27(36)31-23(15-19-8-10-30-11-9-19)25(34)24(33)7-6-14-38-3;/h8-11,16-18,23-25,33-34H,4-7,12-15H2,1-3H3,(H2,29,35)(H,31,36);1H. The first kappa shape index (κ1) is 31.3. The fourth-order valence-corrected chi connectivity index (χ4v) is 4.67. The molecule has 0 bridgehead atoms. The molecule has 9 nitrogen and oxygen atoms in total.